The Kier molecular flexibility index (Phi) is 6.23. The molecule has 8 heteroatoms. The van der Waals surface area contributed by atoms with Gasteiger partial charge in [0.05, 0.1) is 12.8 Å². The molecule has 1 N–H and O–H groups in total. The Hall–Kier alpha value is -1.99. The van der Waals surface area contributed by atoms with Gasteiger partial charge in [-0.25, -0.2) is 0 Å². The second-order valence-electron chi connectivity index (χ2n) is 6.20. The molecule has 0 saturated heterocycles. The van der Waals surface area contributed by atoms with Gasteiger partial charge in [-0.05, 0) is 12.1 Å². The van der Waals surface area contributed by atoms with Crippen LogP contribution < -0.4 is 5.32 Å². The Bertz CT molecular complexity index is 519. The van der Waals surface area contributed by atoms with Gasteiger partial charge in [-0.3, -0.25) is 9.59 Å². The fourth-order valence-electron chi connectivity index (χ4n) is 1.75. The second kappa shape index (κ2) is 7.52. The lowest BCUT2D eigenvalue weighted by atomic mass is 9.96. The fourth-order valence-corrected chi connectivity index (χ4v) is 1.75. The number of hydrogen-bond acceptors (Lipinski definition) is 3. The maximum absolute atomic E-state index is 12.6. The van der Waals surface area contributed by atoms with E-state index < -0.39 is 24.0 Å². The first-order chi connectivity index (χ1) is 10.5. The van der Waals surface area contributed by atoms with Gasteiger partial charge < -0.3 is 14.6 Å². The van der Waals surface area contributed by atoms with Crippen LogP contribution in [0.25, 0.3) is 0 Å². The Labute approximate surface area is 132 Å². The van der Waals surface area contributed by atoms with Crippen molar-refractivity contribution in [2.24, 2.45) is 5.41 Å². The van der Waals surface area contributed by atoms with Crippen molar-refractivity contribution in [3.63, 3.8) is 0 Å². The molecule has 1 rings (SSSR count). The fraction of sp³-hybridized carbons (Fsp3) is 0.600. The summed E-state index contributed by atoms with van der Waals surface area (Å²) < 4.78 is 42.8. The van der Waals surface area contributed by atoms with Crippen LogP contribution in [0, 0.1) is 5.41 Å². The number of hydrogen-bond donors (Lipinski definition) is 1. The lowest BCUT2D eigenvalue weighted by Crippen LogP contribution is -2.41. The first-order valence-electron chi connectivity index (χ1n) is 7.14. The van der Waals surface area contributed by atoms with Crippen molar-refractivity contribution in [1.82, 2.24) is 10.2 Å². The number of nitrogens with zero attached hydrogens (tertiary/aromatic N) is 1. The number of amides is 2. The number of furan rings is 1. The Morgan fingerprint density at radius 3 is 2.39 bits per heavy atom. The van der Waals surface area contributed by atoms with E-state index in [9.17, 15) is 22.8 Å². The van der Waals surface area contributed by atoms with Crippen LogP contribution in [0.3, 0.4) is 0 Å². The topological polar surface area (TPSA) is 62.6 Å². The summed E-state index contributed by atoms with van der Waals surface area (Å²) in [5, 5.41) is 2.54. The van der Waals surface area contributed by atoms with Gasteiger partial charge in [0.1, 0.15) is 12.3 Å². The van der Waals surface area contributed by atoms with E-state index in [0.717, 1.165) is 0 Å². The van der Waals surface area contributed by atoms with E-state index in [4.69, 9.17) is 4.42 Å². The molecule has 23 heavy (non-hydrogen) atoms. The van der Waals surface area contributed by atoms with Crippen molar-refractivity contribution in [1.29, 1.82) is 0 Å². The van der Waals surface area contributed by atoms with Crippen molar-refractivity contribution in [3.8, 4) is 0 Å². The summed E-state index contributed by atoms with van der Waals surface area (Å²) >= 11 is 0. The number of carbonyl (C=O) groups is 2. The Balaban J connectivity index is 2.59. The Morgan fingerprint density at radius 2 is 1.91 bits per heavy atom. The zero-order chi connectivity index (χ0) is 17.7. The molecule has 5 nitrogen and oxygen atoms in total. The quantitative estimate of drug-likeness (QED) is 0.870. The highest BCUT2D eigenvalue weighted by Gasteiger charge is 2.33. The highest BCUT2D eigenvalue weighted by molar-refractivity contribution is 5.82. The summed E-state index contributed by atoms with van der Waals surface area (Å²) in [6.45, 7) is 3.48. The van der Waals surface area contributed by atoms with Gasteiger partial charge in [0.25, 0.3) is 0 Å². The summed E-state index contributed by atoms with van der Waals surface area (Å²) in [5.74, 6) is -0.701. The maximum atomic E-state index is 12.6. The largest absolute Gasteiger partial charge is 0.467 e. The molecule has 2 amide bonds. The lowest BCUT2D eigenvalue weighted by molar-refractivity contribution is -0.162. The van der Waals surface area contributed by atoms with Crippen LogP contribution in [0.15, 0.2) is 22.8 Å². The van der Waals surface area contributed by atoms with Gasteiger partial charge in [-0.1, -0.05) is 20.8 Å². The van der Waals surface area contributed by atoms with Crippen LogP contribution in [-0.4, -0.2) is 36.0 Å². The van der Waals surface area contributed by atoms with Gasteiger partial charge in [0.15, 0.2) is 0 Å². The SMILES string of the molecule is CC(C)(C)C(=O)NCCC(=O)N(Cc1ccco1)CC(F)(F)F. The second-order valence-corrected chi connectivity index (χ2v) is 6.20. The maximum Gasteiger partial charge on any atom is 0.406 e. The van der Waals surface area contributed by atoms with Crippen LogP contribution in [-0.2, 0) is 16.1 Å². The minimum absolute atomic E-state index is 0.0125. The molecule has 0 aliphatic heterocycles. The van der Waals surface area contributed by atoms with Crippen molar-refractivity contribution in [2.45, 2.75) is 39.9 Å². The normalized spacial score (nSPS) is 12.1. The van der Waals surface area contributed by atoms with E-state index in [1.165, 1.54) is 18.4 Å². The molecular weight excluding hydrogens is 313 g/mol. The van der Waals surface area contributed by atoms with Crippen molar-refractivity contribution < 1.29 is 27.2 Å². The number of nitrogens with one attached hydrogen (secondary N) is 1. The monoisotopic (exact) mass is 334 g/mol. The van der Waals surface area contributed by atoms with Crippen molar-refractivity contribution >= 4 is 11.8 Å². The van der Waals surface area contributed by atoms with Crippen molar-refractivity contribution in [3.05, 3.63) is 24.2 Å². The summed E-state index contributed by atoms with van der Waals surface area (Å²) in [5.41, 5.74) is -0.622. The first kappa shape index (κ1) is 19.1. The smallest absolute Gasteiger partial charge is 0.406 e. The minimum Gasteiger partial charge on any atom is -0.467 e. The molecule has 0 aromatic carbocycles. The van der Waals surface area contributed by atoms with E-state index in [0.29, 0.717) is 4.90 Å². The van der Waals surface area contributed by atoms with E-state index in [-0.39, 0.29) is 31.2 Å². The van der Waals surface area contributed by atoms with Crippen LogP contribution in [0.1, 0.15) is 33.0 Å². The predicted molar refractivity (Wildman–Crippen MR) is 77.3 cm³/mol. The molecule has 0 saturated carbocycles. The lowest BCUT2D eigenvalue weighted by Gasteiger charge is -2.23. The van der Waals surface area contributed by atoms with Crippen LogP contribution in [0.2, 0.25) is 0 Å². The van der Waals surface area contributed by atoms with E-state index in [1.807, 2.05) is 0 Å². The molecule has 1 aromatic rings. The first-order valence-corrected chi connectivity index (χ1v) is 7.14. The molecule has 1 aromatic heterocycles. The molecular formula is C15H21F3N2O3. The molecule has 130 valence electrons. The van der Waals surface area contributed by atoms with Gasteiger partial charge in [0, 0.05) is 18.4 Å². The third kappa shape index (κ3) is 7.21. The molecule has 1 heterocycles. The highest BCUT2D eigenvalue weighted by atomic mass is 19.4. The van der Waals surface area contributed by atoms with Gasteiger partial charge in [-0.15, -0.1) is 0 Å². The van der Waals surface area contributed by atoms with Crippen LogP contribution >= 0.6 is 0 Å². The summed E-state index contributed by atoms with van der Waals surface area (Å²) in [7, 11) is 0. The third-order valence-corrected chi connectivity index (χ3v) is 2.96. The summed E-state index contributed by atoms with van der Waals surface area (Å²) in [4.78, 5) is 24.4. The average Bonchev–Trinajstić information content (AvgIpc) is 2.87. The van der Waals surface area contributed by atoms with E-state index in [2.05, 4.69) is 5.32 Å². The molecule has 0 fully saturated rings. The van der Waals surface area contributed by atoms with Gasteiger partial charge in [-0.2, -0.15) is 13.2 Å². The molecule has 0 bridgehead atoms. The average molecular weight is 334 g/mol. The zero-order valence-electron chi connectivity index (χ0n) is 13.4. The Morgan fingerprint density at radius 1 is 1.26 bits per heavy atom. The molecule has 0 radical (unpaired) electrons. The van der Waals surface area contributed by atoms with E-state index >= 15 is 0 Å². The molecule has 0 unspecified atom stereocenters. The van der Waals surface area contributed by atoms with Crippen molar-refractivity contribution in [2.75, 3.05) is 13.1 Å². The van der Waals surface area contributed by atoms with Gasteiger partial charge >= 0.3 is 6.18 Å². The third-order valence-electron chi connectivity index (χ3n) is 2.96. The summed E-state index contributed by atoms with van der Waals surface area (Å²) in [6, 6.07) is 3.03. The molecule has 0 spiro atoms. The highest BCUT2D eigenvalue weighted by Crippen LogP contribution is 2.19. The number of halogens is 3. The molecule has 0 atom stereocenters. The van der Waals surface area contributed by atoms with Gasteiger partial charge in [0.2, 0.25) is 11.8 Å². The number of carbonyl (C=O) groups excluding carboxylic acids is 2. The minimum atomic E-state index is -4.50. The molecule has 0 aliphatic carbocycles. The summed E-state index contributed by atoms with van der Waals surface area (Å²) in [6.07, 6.45) is -3.38. The number of rotatable bonds is 6. The predicted octanol–water partition coefficient (Wildman–Crippen LogP) is 2.72. The van der Waals surface area contributed by atoms with Crippen LogP contribution in [0.5, 0.6) is 0 Å². The van der Waals surface area contributed by atoms with Crippen LogP contribution in [0.4, 0.5) is 13.2 Å². The standard InChI is InChI=1S/C15H21F3N2O3/c1-14(2,3)13(22)19-7-6-12(21)20(10-15(16,17)18)9-11-5-4-8-23-11/h4-5,8H,6-7,9-10H2,1-3H3,(H,19,22). The molecule has 0 aliphatic rings. The number of alkyl halides is 3. The van der Waals surface area contributed by atoms with E-state index in [1.54, 1.807) is 20.8 Å². The zero-order valence-corrected chi connectivity index (χ0v) is 13.4.